The Bertz CT molecular complexity index is 181. The number of nitrogens with zero attached hydrogens (tertiary/aromatic N) is 2. The molecule has 0 saturated heterocycles. The molecule has 1 rings (SSSR count). The topological polar surface area (TPSA) is 25.8 Å². The highest BCUT2D eigenvalue weighted by molar-refractivity contribution is 8.03. The van der Waals surface area contributed by atoms with E-state index in [-0.39, 0.29) is 0 Å². The Balaban J connectivity index is 2.48. The van der Waals surface area contributed by atoms with E-state index in [1.165, 1.54) is 0 Å². The summed E-state index contributed by atoms with van der Waals surface area (Å²) in [6.45, 7) is 1.98. The highest BCUT2D eigenvalue weighted by Crippen LogP contribution is 2.19. The minimum atomic E-state index is 0.994. The maximum absolute atomic E-state index is 3.83. The first-order chi connectivity index (χ1) is 4.43. The third-order valence-corrected chi connectivity index (χ3v) is 2.40. The first-order valence-corrected chi connectivity index (χ1v) is 4.23. The van der Waals surface area contributed by atoms with E-state index in [1.54, 1.807) is 28.6 Å². The van der Waals surface area contributed by atoms with Crippen LogP contribution in [0, 0.1) is 0 Å². The van der Waals surface area contributed by atoms with Gasteiger partial charge in [-0.15, -0.1) is 10.2 Å². The van der Waals surface area contributed by atoms with Crippen LogP contribution in [0.2, 0.25) is 0 Å². The zero-order valence-corrected chi connectivity index (χ0v) is 6.58. The molecule has 4 heteroatoms. The first-order valence-electron chi connectivity index (χ1n) is 2.47. The van der Waals surface area contributed by atoms with Crippen molar-refractivity contribution in [2.45, 2.75) is 11.3 Å². The van der Waals surface area contributed by atoms with Gasteiger partial charge in [-0.05, 0) is 12.3 Å². The van der Waals surface area contributed by atoms with Crippen molar-refractivity contribution in [3.8, 4) is 0 Å². The molecule has 0 N–H and O–H groups in total. The normalized spacial score (nSPS) is 10.8. The molecule has 0 radical (unpaired) electrons. The number of hydrogen-bond acceptors (Lipinski definition) is 4. The zero-order valence-electron chi connectivity index (χ0n) is 4.94. The van der Waals surface area contributed by atoms with Crippen molar-refractivity contribution in [3.63, 3.8) is 0 Å². The molecule has 9 heavy (non-hydrogen) atoms. The summed E-state index contributed by atoms with van der Waals surface area (Å²) in [4.78, 5) is 0. The lowest BCUT2D eigenvalue weighted by Gasteiger charge is -1.79. The largest absolute Gasteiger partial charge is 0.178 e. The Morgan fingerprint density at radius 2 is 2.67 bits per heavy atom. The Hall–Kier alpha value is -0.350. The van der Waals surface area contributed by atoms with Gasteiger partial charge in [0.25, 0.3) is 0 Å². The van der Waals surface area contributed by atoms with Crippen molar-refractivity contribution in [1.29, 1.82) is 0 Å². The molecule has 1 heterocycles. The van der Waals surface area contributed by atoms with Crippen molar-refractivity contribution >= 4 is 23.1 Å². The predicted octanol–water partition coefficient (Wildman–Crippen LogP) is 2.16. The fourth-order valence-electron chi connectivity index (χ4n) is 0.341. The molecular weight excluding hydrogens is 152 g/mol. The minimum absolute atomic E-state index is 0.994. The summed E-state index contributed by atoms with van der Waals surface area (Å²) in [5.41, 5.74) is 1.73. The number of hydrogen-bond donors (Lipinski definition) is 0. The maximum Gasteiger partial charge on any atom is 0.178 e. The van der Waals surface area contributed by atoms with Gasteiger partial charge in [0, 0.05) is 0 Å². The van der Waals surface area contributed by atoms with E-state index in [4.69, 9.17) is 0 Å². The van der Waals surface area contributed by atoms with Gasteiger partial charge in [0.15, 0.2) is 4.34 Å². The number of allylic oxidation sites excluding steroid dienone is 1. The van der Waals surface area contributed by atoms with Gasteiger partial charge in [0.2, 0.25) is 0 Å². The van der Waals surface area contributed by atoms with Gasteiger partial charge in [-0.2, -0.15) is 0 Å². The summed E-state index contributed by atoms with van der Waals surface area (Å²) < 4.78 is 0.994. The molecular formula is C5H6N2S2. The lowest BCUT2D eigenvalue weighted by Crippen LogP contribution is -1.64. The molecule has 0 aromatic carbocycles. The molecule has 0 aliphatic carbocycles. The van der Waals surface area contributed by atoms with Crippen LogP contribution in [-0.4, -0.2) is 10.2 Å². The average molecular weight is 158 g/mol. The third kappa shape index (κ3) is 2.15. The monoisotopic (exact) mass is 158 g/mol. The Morgan fingerprint density at radius 3 is 3.22 bits per heavy atom. The van der Waals surface area contributed by atoms with Gasteiger partial charge in [0.05, 0.1) is 0 Å². The average Bonchev–Trinajstić information content (AvgIpc) is 2.34. The molecule has 0 spiro atoms. The van der Waals surface area contributed by atoms with Crippen LogP contribution >= 0.6 is 23.1 Å². The van der Waals surface area contributed by atoms with Crippen LogP contribution in [-0.2, 0) is 0 Å². The molecule has 0 fully saturated rings. The van der Waals surface area contributed by atoms with E-state index in [2.05, 4.69) is 10.2 Å². The predicted molar refractivity (Wildman–Crippen MR) is 40.6 cm³/mol. The third-order valence-electron chi connectivity index (χ3n) is 0.645. The Labute approximate surface area is 62.0 Å². The molecule has 0 aliphatic rings. The summed E-state index contributed by atoms with van der Waals surface area (Å²) in [7, 11) is 0. The van der Waals surface area contributed by atoms with Crippen molar-refractivity contribution in [2.75, 3.05) is 0 Å². The van der Waals surface area contributed by atoms with Crippen LogP contribution < -0.4 is 0 Å². The fourth-order valence-corrected chi connectivity index (χ4v) is 1.48. The van der Waals surface area contributed by atoms with Crippen molar-refractivity contribution < 1.29 is 0 Å². The maximum atomic E-state index is 3.83. The summed E-state index contributed by atoms with van der Waals surface area (Å²) in [6, 6.07) is 0. The van der Waals surface area contributed by atoms with Crippen molar-refractivity contribution in [1.82, 2.24) is 10.2 Å². The van der Waals surface area contributed by atoms with Crippen LogP contribution in [0.4, 0.5) is 0 Å². The Kier molecular flexibility index (Phi) is 2.73. The minimum Gasteiger partial charge on any atom is -0.146 e. The van der Waals surface area contributed by atoms with Gasteiger partial charge >= 0.3 is 0 Å². The van der Waals surface area contributed by atoms with Crippen LogP contribution in [0.5, 0.6) is 0 Å². The van der Waals surface area contributed by atoms with Crippen LogP contribution in [0.25, 0.3) is 0 Å². The summed E-state index contributed by atoms with van der Waals surface area (Å²) in [5.74, 6) is 0. The van der Waals surface area contributed by atoms with E-state index in [1.807, 2.05) is 18.4 Å². The van der Waals surface area contributed by atoms with Crippen LogP contribution in [0.1, 0.15) is 6.92 Å². The van der Waals surface area contributed by atoms with Gasteiger partial charge < -0.3 is 0 Å². The second kappa shape index (κ2) is 3.63. The molecule has 1 aromatic heterocycles. The van der Waals surface area contributed by atoms with E-state index < -0.39 is 0 Å². The molecule has 0 unspecified atom stereocenters. The molecule has 0 amide bonds. The van der Waals surface area contributed by atoms with E-state index in [9.17, 15) is 0 Å². The summed E-state index contributed by atoms with van der Waals surface area (Å²) in [5, 5.41) is 9.51. The van der Waals surface area contributed by atoms with Crippen molar-refractivity contribution in [3.05, 3.63) is 17.0 Å². The van der Waals surface area contributed by atoms with E-state index in [0.717, 1.165) is 4.34 Å². The molecule has 0 bridgehead atoms. The molecule has 48 valence electrons. The van der Waals surface area contributed by atoms with Gasteiger partial charge in [-0.25, -0.2) is 0 Å². The summed E-state index contributed by atoms with van der Waals surface area (Å²) >= 11 is 3.14. The lowest BCUT2D eigenvalue weighted by atomic mass is 10.8. The Morgan fingerprint density at radius 1 is 1.78 bits per heavy atom. The van der Waals surface area contributed by atoms with Gasteiger partial charge in [-0.1, -0.05) is 29.2 Å². The number of rotatable bonds is 2. The quantitative estimate of drug-likeness (QED) is 0.617. The molecule has 2 nitrogen and oxygen atoms in total. The number of thioether (sulfide) groups is 1. The smallest absolute Gasteiger partial charge is 0.146 e. The molecule has 0 aliphatic heterocycles. The second-order valence-corrected chi connectivity index (χ2v) is 3.28. The van der Waals surface area contributed by atoms with Crippen LogP contribution in [0.15, 0.2) is 21.3 Å². The molecule has 1 aromatic rings. The summed E-state index contributed by atoms with van der Waals surface area (Å²) in [6.07, 6.45) is 1.98. The van der Waals surface area contributed by atoms with Crippen molar-refractivity contribution in [2.24, 2.45) is 0 Å². The zero-order chi connectivity index (χ0) is 6.53. The fraction of sp³-hybridized carbons (Fsp3) is 0.200. The molecule has 0 atom stereocenters. The highest BCUT2D eigenvalue weighted by atomic mass is 32.2. The first kappa shape index (κ1) is 6.77. The van der Waals surface area contributed by atoms with Gasteiger partial charge in [-0.3, -0.25) is 0 Å². The van der Waals surface area contributed by atoms with E-state index in [0.29, 0.717) is 0 Å². The molecule has 0 saturated carbocycles. The number of aromatic nitrogens is 2. The van der Waals surface area contributed by atoms with E-state index >= 15 is 0 Å². The SMILES string of the molecule is CC=CSc1nncs1. The highest BCUT2D eigenvalue weighted by Gasteiger charge is 1.90. The van der Waals surface area contributed by atoms with Crippen LogP contribution in [0.3, 0.4) is 0 Å². The second-order valence-electron chi connectivity index (χ2n) is 1.29. The standard InChI is InChI=1S/C5H6N2S2/c1-2-3-8-5-7-6-4-9-5/h2-4H,1H3. The lowest BCUT2D eigenvalue weighted by molar-refractivity contribution is 1.01. The van der Waals surface area contributed by atoms with Gasteiger partial charge in [0.1, 0.15) is 5.51 Å².